The number of aliphatic hydroxyl groups excluding tert-OH is 2. The normalized spacial score (nSPS) is 10.6. The lowest BCUT2D eigenvalue weighted by molar-refractivity contribution is 0.0938. The lowest BCUT2D eigenvalue weighted by atomic mass is 10.2. The van der Waals surface area contributed by atoms with Crippen LogP contribution in [0.4, 0.5) is 0 Å². The van der Waals surface area contributed by atoms with Crippen molar-refractivity contribution in [3.8, 4) is 5.75 Å². The van der Waals surface area contributed by atoms with Crippen molar-refractivity contribution in [1.82, 2.24) is 5.32 Å². The van der Waals surface area contributed by atoms with Crippen molar-refractivity contribution in [3.05, 3.63) is 29.8 Å². The van der Waals surface area contributed by atoms with Gasteiger partial charge in [0.1, 0.15) is 12.4 Å². The molecular formula is C13H21NO4. The van der Waals surface area contributed by atoms with Crippen LogP contribution in [0, 0.1) is 0 Å². The SMILES string of the molecule is OCCOCCNCc1ccc(OCCO)cc1. The first-order valence-electron chi connectivity index (χ1n) is 6.08. The van der Waals surface area contributed by atoms with Crippen LogP contribution in [0.2, 0.25) is 0 Å². The number of hydrogen-bond donors (Lipinski definition) is 3. The summed E-state index contributed by atoms with van der Waals surface area (Å²) in [5.41, 5.74) is 1.16. The van der Waals surface area contributed by atoms with Gasteiger partial charge >= 0.3 is 0 Å². The van der Waals surface area contributed by atoms with E-state index < -0.39 is 0 Å². The minimum atomic E-state index is 0.0249. The zero-order valence-electron chi connectivity index (χ0n) is 10.5. The van der Waals surface area contributed by atoms with Gasteiger partial charge in [-0.05, 0) is 17.7 Å². The zero-order valence-corrected chi connectivity index (χ0v) is 10.5. The van der Waals surface area contributed by atoms with Gasteiger partial charge in [-0.1, -0.05) is 12.1 Å². The molecule has 0 aliphatic rings. The molecule has 0 fully saturated rings. The van der Waals surface area contributed by atoms with Gasteiger partial charge < -0.3 is 25.0 Å². The fourth-order valence-corrected chi connectivity index (χ4v) is 1.41. The van der Waals surface area contributed by atoms with Crippen molar-refractivity contribution in [2.75, 3.05) is 39.6 Å². The standard InChI is InChI=1S/C13H21NO4/c15-6-9-17-8-5-14-11-12-1-3-13(4-2-12)18-10-7-16/h1-4,14-16H,5-11H2. The number of hydrogen-bond acceptors (Lipinski definition) is 5. The van der Waals surface area contributed by atoms with Crippen molar-refractivity contribution in [3.63, 3.8) is 0 Å². The van der Waals surface area contributed by atoms with Crippen molar-refractivity contribution in [2.24, 2.45) is 0 Å². The molecule has 5 nitrogen and oxygen atoms in total. The van der Waals surface area contributed by atoms with Crippen LogP contribution in [0.1, 0.15) is 5.56 Å². The van der Waals surface area contributed by atoms with Gasteiger partial charge in [0.05, 0.1) is 26.4 Å². The van der Waals surface area contributed by atoms with Gasteiger partial charge in [-0.2, -0.15) is 0 Å². The minimum Gasteiger partial charge on any atom is -0.491 e. The highest BCUT2D eigenvalue weighted by atomic mass is 16.5. The van der Waals surface area contributed by atoms with E-state index in [0.29, 0.717) is 19.8 Å². The third-order valence-corrected chi connectivity index (χ3v) is 2.27. The molecule has 0 aromatic heterocycles. The van der Waals surface area contributed by atoms with E-state index in [0.717, 1.165) is 24.4 Å². The van der Waals surface area contributed by atoms with Crippen molar-refractivity contribution in [1.29, 1.82) is 0 Å². The van der Waals surface area contributed by atoms with Crippen LogP contribution in [0.3, 0.4) is 0 Å². The smallest absolute Gasteiger partial charge is 0.119 e. The predicted molar refractivity (Wildman–Crippen MR) is 68.6 cm³/mol. The summed E-state index contributed by atoms with van der Waals surface area (Å²) in [5, 5.41) is 20.4. The minimum absolute atomic E-state index is 0.0249. The summed E-state index contributed by atoms with van der Waals surface area (Å²) in [7, 11) is 0. The number of rotatable bonds is 10. The summed E-state index contributed by atoms with van der Waals surface area (Å²) >= 11 is 0. The van der Waals surface area contributed by atoms with Crippen LogP contribution >= 0.6 is 0 Å². The van der Waals surface area contributed by atoms with Crippen LogP contribution < -0.4 is 10.1 Å². The van der Waals surface area contributed by atoms with Crippen molar-refractivity contribution >= 4 is 0 Å². The van der Waals surface area contributed by atoms with E-state index in [1.807, 2.05) is 24.3 Å². The van der Waals surface area contributed by atoms with E-state index in [4.69, 9.17) is 19.7 Å². The molecule has 1 aromatic rings. The molecule has 0 amide bonds. The molecule has 5 heteroatoms. The quantitative estimate of drug-likeness (QED) is 0.519. The molecule has 0 unspecified atom stereocenters. The average molecular weight is 255 g/mol. The van der Waals surface area contributed by atoms with Crippen LogP contribution in [-0.4, -0.2) is 49.8 Å². The number of benzene rings is 1. The molecule has 0 bridgehead atoms. The Hall–Kier alpha value is -1.14. The van der Waals surface area contributed by atoms with E-state index in [1.165, 1.54) is 0 Å². The van der Waals surface area contributed by atoms with Gasteiger partial charge in [0.2, 0.25) is 0 Å². The number of nitrogens with one attached hydrogen (secondary N) is 1. The monoisotopic (exact) mass is 255 g/mol. The van der Waals surface area contributed by atoms with E-state index in [-0.39, 0.29) is 13.2 Å². The van der Waals surface area contributed by atoms with E-state index in [2.05, 4.69) is 5.32 Å². The van der Waals surface area contributed by atoms with Gasteiger partial charge in [0, 0.05) is 13.1 Å². The molecule has 0 aliphatic carbocycles. The van der Waals surface area contributed by atoms with E-state index in [9.17, 15) is 0 Å². The fraction of sp³-hybridized carbons (Fsp3) is 0.538. The molecule has 0 atom stereocenters. The molecule has 3 N–H and O–H groups in total. The molecule has 0 spiro atoms. The van der Waals surface area contributed by atoms with E-state index in [1.54, 1.807) is 0 Å². The second kappa shape index (κ2) is 9.85. The Morgan fingerprint density at radius 3 is 2.33 bits per heavy atom. The summed E-state index contributed by atoms with van der Waals surface area (Å²) in [6.07, 6.45) is 0. The highest BCUT2D eigenvalue weighted by Crippen LogP contribution is 2.11. The first-order chi connectivity index (χ1) is 8.86. The van der Waals surface area contributed by atoms with Crippen LogP contribution in [0.15, 0.2) is 24.3 Å². The number of aliphatic hydroxyl groups is 2. The second-order valence-electron chi connectivity index (χ2n) is 3.73. The average Bonchev–Trinajstić information content (AvgIpc) is 2.42. The fourth-order valence-electron chi connectivity index (χ4n) is 1.41. The van der Waals surface area contributed by atoms with Gasteiger partial charge in [-0.15, -0.1) is 0 Å². The largest absolute Gasteiger partial charge is 0.491 e. The van der Waals surface area contributed by atoms with Crippen molar-refractivity contribution in [2.45, 2.75) is 6.54 Å². The molecule has 0 saturated carbocycles. The number of ether oxygens (including phenoxy) is 2. The lowest BCUT2D eigenvalue weighted by Gasteiger charge is -2.07. The van der Waals surface area contributed by atoms with E-state index >= 15 is 0 Å². The Balaban J connectivity index is 2.14. The molecule has 1 rings (SSSR count). The zero-order chi connectivity index (χ0) is 13.1. The summed E-state index contributed by atoms with van der Waals surface area (Å²) in [6.45, 7) is 2.91. The molecule has 0 radical (unpaired) electrons. The Kier molecular flexibility index (Phi) is 8.16. The topological polar surface area (TPSA) is 71.0 Å². The third-order valence-electron chi connectivity index (χ3n) is 2.27. The summed E-state index contributed by atoms with van der Waals surface area (Å²) in [6, 6.07) is 7.73. The second-order valence-corrected chi connectivity index (χ2v) is 3.73. The predicted octanol–water partition coefficient (Wildman–Crippen LogP) is 0.156. The molecule has 0 heterocycles. The Labute approximate surface area is 107 Å². The molecule has 102 valence electrons. The van der Waals surface area contributed by atoms with Crippen molar-refractivity contribution < 1.29 is 19.7 Å². The Morgan fingerprint density at radius 1 is 0.944 bits per heavy atom. The molecule has 18 heavy (non-hydrogen) atoms. The molecule has 0 saturated heterocycles. The van der Waals surface area contributed by atoms with Gasteiger partial charge in [-0.25, -0.2) is 0 Å². The molecular weight excluding hydrogens is 234 g/mol. The maximum atomic E-state index is 8.62. The Morgan fingerprint density at radius 2 is 1.67 bits per heavy atom. The van der Waals surface area contributed by atoms with Gasteiger partial charge in [-0.3, -0.25) is 0 Å². The van der Waals surface area contributed by atoms with Crippen LogP contribution in [0.25, 0.3) is 0 Å². The summed E-state index contributed by atoms with van der Waals surface area (Å²) < 4.78 is 10.4. The van der Waals surface area contributed by atoms with Gasteiger partial charge in [0.25, 0.3) is 0 Å². The highest BCUT2D eigenvalue weighted by Gasteiger charge is 1.95. The third kappa shape index (κ3) is 6.56. The first kappa shape index (κ1) is 14.9. The maximum absolute atomic E-state index is 8.62. The van der Waals surface area contributed by atoms with Crippen LogP contribution in [0.5, 0.6) is 5.75 Å². The highest BCUT2D eigenvalue weighted by molar-refractivity contribution is 5.27. The molecule has 1 aromatic carbocycles. The van der Waals surface area contributed by atoms with Gasteiger partial charge in [0.15, 0.2) is 0 Å². The lowest BCUT2D eigenvalue weighted by Crippen LogP contribution is -2.19. The maximum Gasteiger partial charge on any atom is 0.119 e. The summed E-state index contributed by atoms with van der Waals surface area (Å²) in [5.74, 6) is 0.763. The molecule has 0 aliphatic heterocycles. The summed E-state index contributed by atoms with van der Waals surface area (Å²) in [4.78, 5) is 0. The van der Waals surface area contributed by atoms with Crippen LogP contribution in [-0.2, 0) is 11.3 Å². The first-order valence-corrected chi connectivity index (χ1v) is 6.08. The Bertz CT molecular complexity index is 302.